The van der Waals surface area contributed by atoms with Crippen LogP contribution in [0.5, 0.6) is 0 Å². The van der Waals surface area contributed by atoms with Crippen molar-refractivity contribution in [1.29, 1.82) is 0 Å². The number of nitrogens with two attached hydrogens (primary N) is 1. The zero-order valence-corrected chi connectivity index (χ0v) is 12.7. The number of carbonyl (C=O) groups is 2. The summed E-state index contributed by atoms with van der Waals surface area (Å²) < 4.78 is 1.62. The molecule has 1 aromatic rings. The Labute approximate surface area is 124 Å². The standard InChI is InChI=1S/C14H23N5O2/c1-3-12(20)17-6-5-7-18(9-8-17)14(21)13-11(15)10-16-19(13)4-2/h10H,3-9,15H2,1-2H3. The summed E-state index contributed by atoms with van der Waals surface area (Å²) in [6.45, 7) is 6.85. The highest BCUT2D eigenvalue weighted by Crippen LogP contribution is 2.15. The Morgan fingerprint density at radius 2 is 1.86 bits per heavy atom. The van der Waals surface area contributed by atoms with Gasteiger partial charge in [-0.1, -0.05) is 6.92 Å². The first-order chi connectivity index (χ1) is 10.1. The second-order valence-corrected chi connectivity index (χ2v) is 5.14. The third kappa shape index (κ3) is 3.17. The van der Waals surface area contributed by atoms with Gasteiger partial charge in [0.15, 0.2) is 0 Å². The van der Waals surface area contributed by atoms with Crippen molar-refractivity contribution >= 4 is 17.5 Å². The Bertz CT molecular complexity index is 525. The highest BCUT2D eigenvalue weighted by atomic mass is 16.2. The Morgan fingerprint density at radius 1 is 1.19 bits per heavy atom. The van der Waals surface area contributed by atoms with E-state index in [0.29, 0.717) is 50.5 Å². The van der Waals surface area contributed by atoms with E-state index in [1.165, 1.54) is 6.20 Å². The van der Waals surface area contributed by atoms with Crippen LogP contribution in [0.2, 0.25) is 0 Å². The van der Waals surface area contributed by atoms with Crippen LogP contribution in [0.1, 0.15) is 37.2 Å². The summed E-state index contributed by atoms with van der Waals surface area (Å²) in [7, 11) is 0. The van der Waals surface area contributed by atoms with Crippen LogP contribution >= 0.6 is 0 Å². The number of hydrogen-bond acceptors (Lipinski definition) is 4. The Kier molecular flexibility index (Phi) is 4.82. The summed E-state index contributed by atoms with van der Waals surface area (Å²) in [6, 6.07) is 0. The summed E-state index contributed by atoms with van der Waals surface area (Å²) in [6.07, 6.45) is 2.81. The Morgan fingerprint density at radius 3 is 2.52 bits per heavy atom. The lowest BCUT2D eigenvalue weighted by Gasteiger charge is -2.22. The molecule has 0 aromatic carbocycles. The third-order valence-corrected chi connectivity index (χ3v) is 3.81. The maximum atomic E-state index is 12.6. The van der Waals surface area contributed by atoms with E-state index in [-0.39, 0.29) is 11.8 Å². The number of amides is 2. The van der Waals surface area contributed by atoms with Crippen molar-refractivity contribution in [3.05, 3.63) is 11.9 Å². The zero-order valence-electron chi connectivity index (χ0n) is 12.7. The minimum absolute atomic E-state index is 0.0994. The molecule has 2 rings (SSSR count). The maximum absolute atomic E-state index is 12.6. The van der Waals surface area contributed by atoms with Gasteiger partial charge in [0, 0.05) is 39.1 Å². The van der Waals surface area contributed by atoms with Gasteiger partial charge >= 0.3 is 0 Å². The molecular formula is C14H23N5O2. The first-order valence-corrected chi connectivity index (χ1v) is 7.46. The van der Waals surface area contributed by atoms with Crippen LogP contribution in [0, 0.1) is 0 Å². The zero-order chi connectivity index (χ0) is 15.4. The summed E-state index contributed by atoms with van der Waals surface area (Å²) in [4.78, 5) is 28.0. The maximum Gasteiger partial charge on any atom is 0.274 e. The van der Waals surface area contributed by atoms with Gasteiger partial charge in [-0.2, -0.15) is 5.10 Å². The quantitative estimate of drug-likeness (QED) is 0.883. The predicted octanol–water partition coefficient (Wildman–Crippen LogP) is 0.570. The van der Waals surface area contributed by atoms with Gasteiger partial charge in [-0.3, -0.25) is 14.3 Å². The summed E-state index contributed by atoms with van der Waals surface area (Å²) >= 11 is 0. The number of rotatable bonds is 3. The van der Waals surface area contributed by atoms with Gasteiger partial charge < -0.3 is 15.5 Å². The minimum Gasteiger partial charge on any atom is -0.396 e. The van der Waals surface area contributed by atoms with Crippen molar-refractivity contribution in [3.63, 3.8) is 0 Å². The van der Waals surface area contributed by atoms with E-state index in [0.717, 1.165) is 6.42 Å². The van der Waals surface area contributed by atoms with Crippen molar-refractivity contribution in [2.24, 2.45) is 0 Å². The van der Waals surface area contributed by atoms with Crippen LogP contribution in [-0.4, -0.2) is 57.6 Å². The molecule has 0 unspecified atom stereocenters. The molecule has 1 aromatic heterocycles. The molecule has 1 fully saturated rings. The normalized spacial score (nSPS) is 15.9. The van der Waals surface area contributed by atoms with Gasteiger partial charge in [0.1, 0.15) is 5.69 Å². The highest BCUT2D eigenvalue weighted by molar-refractivity contribution is 5.97. The molecule has 0 spiro atoms. The molecular weight excluding hydrogens is 270 g/mol. The van der Waals surface area contributed by atoms with E-state index in [1.54, 1.807) is 9.58 Å². The lowest BCUT2D eigenvalue weighted by molar-refractivity contribution is -0.130. The number of hydrogen-bond donors (Lipinski definition) is 1. The summed E-state index contributed by atoms with van der Waals surface area (Å²) in [5.74, 6) is 0.0417. The van der Waals surface area contributed by atoms with Crippen LogP contribution < -0.4 is 5.73 Å². The van der Waals surface area contributed by atoms with Crippen LogP contribution in [0.4, 0.5) is 5.69 Å². The molecule has 2 heterocycles. The molecule has 0 saturated carbocycles. The molecule has 1 aliphatic rings. The molecule has 0 atom stereocenters. The van der Waals surface area contributed by atoms with Crippen LogP contribution in [0.3, 0.4) is 0 Å². The molecule has 7 heteroatoms. The van der Waals surface area contributed by atoms with Crippen LogP contribution in [-0.2, 0) is 11.3 Å². The molecule has 21 heavy (non-hydrogen) atoms. The van der Waals surface area contributed by atoms with Crippen LogP contribution in [0.15, 0.2) is 6.20 Å². The van der Waals surface area contributed by atoms with Crippen molar-refractivity contribution in [2.75, 3.05) is 31.9 Å². The lowest BCUT2D eigenvalue weighted by Crippen LogP contribution is -2.38. The number of nitrogens with zero attached hydrogens (tertiary/aromatic N) is 4. The van der Waals surface area contributed by atoms with E-state index in [2.05, 4.69) is 5.10 Å². The largest absolute Gasteiger partial charge is 0.396 e. The predicted molar refractivity (Wildman–Crippen MR) is 79.7 cm³/mol. The average molecular weight is 293 g/mol. The van der Waals surface area contributed by atoms with Crippen molar-refractivity contribution in [2.45, 2.75) is 33.2 Å². The fourth-order valence-corrected chi connectivity index (χ4v) is 2.62. The smallest absolute Gasteiger partial charge is 0.274 e. The molecule has 116 valence electrons. The lowest BCUT2D eigenvalue weighted by atomic mass is 10.3. The second-order valence-electron chi connectivity index (χ2n) is 5.14. The number of aromatic nitrogens is 2. The van der Waals surface area contributed by atoms with Crippen molar-refractivity contribution in [3.8, 4) is 0 Å². The van der Waals surface area contributed by atoms with Crippen LogP contribution in [0.25, 0.3) is 0 Å². The number of carbonyl (C=O) groups excluding carboxylic acids is 2. The first-order valence-electron chi connectivity index (χ1n) is 7.46. The number of anilines is 1. The van der Waals surface area contributed by atoms with Crippen molar-refractivity contribution in [1.82, 2.24) is 19.6 Å². The molecule has 2 N–H and O–H groups in total. The number of nitrogen functional groups attached to an aromatic ring is 1. The van der Waals surface area contributed by atoms with E-state index in [1.807, 2.05) is 18.7 Å². The first kappa shape index (κ1) is 15.3. The van der Waals surface area contributed by atoms with Gasteiger partial charge in [0.2, 0.25) is 5.91 Å². The van der Waals surface area contributed by atoms with E-state index < -0.39 is 0 Å². The summed E-state index contributed by atoms with van der Waals surface area (Å²) in [5, 5.41) is 4.11. The second kappa shape index (κ2) is 6.60. The molecule has 1 saturated heterocycles. The minimum atomic E-state index is -0.0994. The monoisotopic (exact) mass is 293 g/mol. The molecule has 0 aliphatic carbocycles. The van der Waals surface area contributed by atoms with E-state index in [4.69, 9.17) is 5.73 Å². The Hall–Kier alpha value is -2.05. The van der Waals surface area contributed by atoms with E-state index in [9.17, 15) is 9.59 Å². The van der Waals surface area contributed by atoms with Crippen molar-refractivity contribution < 1.29 is 9.59 Å². The Balaban J connectivity index is 2.10. The SMILES string of the molecule is CCC(=O)N1CCCN(C(=O)c2c(N)cnn2CC)CC1. The van der Waals surface area contributed by atoms with Gasteiger partial charge in [-0.05, 0) is 13.3 Å². The fourth-order valence-electron chi connectivity index (χ4n) is 2.62. The molecule has 0 radical (unpaired) electrons. The molecule has 2 amide bonds. The van der Waals surface area contributed by atoms with E-state index >= 15 is 0 Å². The fraction of sp³-hybridized carbons (Fsp3) is 0.643. The van der Waals surface area contributed by atoms with Gasteiger partial charge in [-0.25, -0.2) is 0 Å². The summed E-state index contributed by atoms with van der Waals surface area (Å²) in [5.41, 5.74) is 6.73. The molecule has 0 bridgehead atoms. The molecule has 7 nitrogen and oxygen atoms in total. The highest BCUT2D eigenvalue weighted by Gasteiger charge is 2.25. The topological polar surface area (TPSA) is 84.5 Å². The van der Waals surface area contributed by atoms with Gasteiger partial charge in [0.05, 0.1) is 11.9 Å². The third-order valence-electron chi connectivity index (χ3n) is 3.81. The molecule has 1 aliphatic heterocycles. The van der Waals surface area contributed by atoms with Gasteiger partial charge in [0.25, 0.3) is 5.91 Å². The average Bonchev–Trinajstić information content (AvgIpc) is 2.72. The van der Waals surface area contributed by atoms with Gasteiger partial charge in [-0.15, -0.1) is 0 Å². The number of aryl methyl sites for hydroxylation is 1.